The predicted octanol–water partition coefficient (Wildman–Crippen LogP) is 4.55. The molecule has 4 rings (SSSR count). The summed E-state index contributed by atoms with van der Waals surface area (Å²) in [6.45, 7) is 6.98. The van der Waals surface area contributed by atoms with Crippen molar-refractivity contribution in [2.24, 2.45) is 0 Å². The molecule has 1 aromatic heterocycles. The zero-order valence-corrected chi connectivity index (χ0v) is 19.7. The number of rotatable bonds is 9. The molecule has 172 valence electrons. The van der Waals surface area contributed by atoms with E-state index in [1.807, 2.05) is 30.6 Å². The van der Waals surface area contributed by atoms with Crippen LogP contribution in [0.2, 0.25) is 0 Å². The van der Waals surface area contributed by atoms with Gasteiger partial charge in [0, 0.05) is 36.5 Å². The van der Waals surface area contributed by atoms with Crippen molar-refractivity contribution in [3.63, 3.8) is 0 Å². The molecule has 0 fully saturated rings. The summed E-state index contributed by atoms with van der Waals surface area (Å²) < 4.78 is 31.4. The van der Waals surface area contributed by atoms with Crippen molar-refractivity contribution in [3.8, 4) is 17.1 Å². The van der Waals surface area contributed by atoms with Crippen molar-refractivity contribution < 1.29 is 13.2 Å². The van der Waals surface area contributed by atoms with Gasteiger partial charge >= 0.3 is 0 Å². The first-order valence-corrected chi connectivity index (χ1v) is 12.8. The first-order chi connectivity index (χ1) is 16.0. The van der Waals surface area contributed by atoms with Gasteiger partial charge in [0.05, 0.1) is 6.61 Å². The highest BCUT2D eigenvalue weighted by Crippen LogP contribution is 2.26. The molecule has 0 bridgehead atoms. The minimum atomic E-state index is -3.38. The fourth-order valence-electron chi connectivity index (χ4n) is 3.89. The van der Waals surface area contributed by atoms with Crippen molar-refractivity contribution in [1.82, 2.24) is 14.3 Å². The summed E-state index contributed by atoms with van der Waals surface area (Å²) in [5.41, 5.74) is 5.57. The average Bonchev–Trinajstić information content (AvgIpc) is 2.86. The number of aromatic nitrogens is 2. The summed E-state index contributed by atoms with van der Waals surface area (Å²) in [5.74, 6) is 1.58. The van der Waals surface area contributed by atoms with Crippen LogP contribution < -0.4 is 4.74 Å². The lowest BCUT2D eigenvalue weighted by Gasteiger charge is -2.27. The summed E-state index contributed by atoms with van der Waals surface area (Å²) in [7, 11) is -3.38. The largest absolute Gasteiger partial charge is 0.494 e. The Bertz CT molecular complexity index is 1210. The Hall–Kier alpha value is -3.03. The van der Waals surface area contributed by atoms with E-state index in [9.17, 15) is 8.42 Å². The van der Waals surface area contributed by atoms with E-state index in [0.717, 1.165) is 58.5 Å². The number of hydrogen-bond donors (Lipinski definition) is 0. The molecule has 0 amide bonds. The van der Waals surface area contributed by atoms with Crippen molar-refractivity contribution in [1.29, 1.82) is 0 Å². The van der Waals surface area contributed by atoms with Crippen molar-refractivity contribution in [2.75, 3.05) is 13.2 Å². The minimum absolute atomic E-state index is 0.383. The number of nitrogens with zero attached hydrogens (tertiary/aromatic N) is 3. The second-order valence-corrected chi connectivity index (χ2v) is 10.0. The lowest BCUT2D eigenvalue weighted by Crippen LogP contribution is -2.34. The summed E-state index contributed by atoms with van der Waals surface area (Å²) in [4.78, 5) is 8.88. The van der Waals surface area contributed by atoms with Crippen molar-refractivity contribution in [2.45, 2.75) is 39.2 Å². The fourth-order valence-corrected chi connectivity index (χ4v) is 4.76. The molecular formula is C26H29N3O3S. The van der Waals surface area contributed by atoms with Crippen LogP contribution in [0.25, 0.3) is 11.4 Å². The van der Waals surface area contributed by atoms with Gasteiger partial charge in [0.15, 0.2) is 5.82 Å². The summed E-state index contributed by atoms with van der Waals surface area (Å²) >= 11 is 0. The van der Waals surface area contributed by atoms with E-state index in [-0.39, 0.29) is 0 Å². The van der Waals surface area contributed by atoms with Crippen LogP contribution in [0.4, 0.5) is 0 Å². The van der Waals surface area contributed by atoms with Crippen LogP contribution >= 0.6 is 0 Å². The monoisotopic (exact) mass is 463 g/mol. The molecule has 0 atom stereocenters. The zero-order valence-electron chi connectivity index (χ0n) is 18.9. The molecule has 7 heteroatoms. The van der Waals surface area contributed by atoms with Crippen molar-refractivity contribution in [3.05, 3.63) is 89.1 Å². The maximum atomic E-state index is 12.0. The Labute approximate surface area is 196 Å². The highest BCUT2D eigenvalue weighted by Gasteiger charge is 2.24. The van der Waals surface area contributed by atoms with Gasteiger partial charge in [-0.15, -0.1) is 0 Å². The molecule has 0 saturated heterocycles. The first kappa shape index (κ1) is 23.1. The van der Waals surface area contributed by atoms with Crippen molar-refractivity contribution >= 4 is 10.0 Å². The maximum Gasteiger partial charge on any atom is 0.235 e. The topological polar surface area (TPSA) is 72.4 Å². The lowest BCUT2D eigenvalue weighted by atomic mass is 10.0. The molecule has 0 spiro atoms. The number of hydrogen-bond acceptors (Lipinski definition) is 5. The lowest BCUT2D eigenvalue weighted by molar-refractivity contribution is 0.310. The first-order valence-electron chi connectivity index (χ1n) is 11.3. The Balaban J connectivity index is 1.27. The van der Waals surface area contributed by atoms with E-state index in [2.05, 4.69) is 47.7 Å². The summed E-state index contributed by atoms with van der Waals surface area (Å²) in [5, 5.41) is 1.01. The van der Waals surface area contributed by atoms with Crippen LogP contribution in [-0.2, 0) is 35.8 Å². The molecule has 0 saturated carbocycles. The molecule has 2 aromatic carbocycles. The highest BCUT2D eigenvalue weighted by atomic mass is 32.2. The van der Waals surface area contributed by atoms with Crippen LogP contribution in [-0.4, -0.2) is 35.8 Å². The number of aryl methyl sites for hydroxylation is 2. The van der Waals surface area contributed by atoms with E-state index in [1.165, 1.54) is 9.87 Å². The average molecular weight is 464 g/mol. The van der Waals surface area contributed by atoms with Gasteiger partial charge < -0.3 is 4.74 Å². The molecule has 1 aliphatic rings. The summed E-state index contributed by atoms with van der Waals surface area (Å²) in [6.07, 6.45) is 7.21. The Morgan fingerprint density at radius 2 is 1.82 bits per heavy atom. The van der Waals surface area contributed by atoms with Gasteiger partial charge in [-0.3, -0.25) is 0 Å². The molecular weight excluding hydrogens is 434 g/mol. The molecule has 0 unspecified atom stereocenters. The van der Waals surface area contributed by atoms with E-state index < -0.39 is 10.0 Å². The van der Waals surface area contributed by atoms with Crippen LogP contribution in [0.15, 0.2) is 66.8 Å². The van der Waals surface area contributed by atoms with Gasteiger partial charge in [-0.1, -0.05) is 43.8 Å². The minimum Gasteiger partial charge on any atom is -0.494 e. The van der Waals surface area contributed by atoms with E-state index in [0.29, 0.717) is 26.1 Å². The number of benzene rings is 2. The van der Waals surface area contributed by atoms with Crippen LogP contribution in [0, 0.1) is 0 Å². The fraction of sp³-hybridized carbons (Fsp3) is 0.308. The van der Waals surface area contributed by atoms with Gasteiger partial charge in [-0.25, -0.2) is 18.4 Å². The van der Waals surface area contributed by atoms with E-state index in [4.69, 9.17) is 4.74 Å². The molecule has 0 aliphatic carbocycles. The summed E-state index contributed by atoms with van der Waals surface area (Å²) in [6, 6.07) is 14.3. The molecule has 6 nitrogen and oxygen atoms in total. The quantitative estimate of drug-likeness (QED) is 0.436. The molecule has 33 heavy (non-hydrogen) atoms. The highest BCUT2D eigenvalue weighted by molar-refractivity contribution is 7.91. The Kier molecular flexibility index (Phi) is 7.20. The third kappa shape index (κ3) is 5.67. The number of ether oxygens (including phenoxy) is 1. The van der Waals surface area contributed by atoms with Gasteiger partial charge in [-0.2, -0.15) is 4.31 Å². The third-order valence-corrected chi connectivity index (χ3v) is 7.38. The van der Waals surface area contributed by atoms with E-state index in [1.54, 1.807) is 0 Å². The van der Waals surface area contributed by atoms with Crippen LogP contribution in [0.1, 0.15) is 35.6 Å². The molecule has 0 radical (unpaired) electrons. The Morgan fingerprint density at radius 1 is 1.06 bits per heavy atom. The van der Waals surface area contributed by atoms with Crippen LogP contribution in [0.5, 0.6) is 5.75 Å². The van der Waals surface area contributed by atoms with E-state index >= 15 is 0 Å². The number of fused-ring (bicyclic) bond motifs is 1. The second-order valence-electron chi connectivity index (χ2n) is 8.14. The standard InChI is InChI=1S/C26H29N3O3S/c1-3-20-17-27-26(28-18-20)22-9-7-21(8-10-22)6-5-15-32-25-12-11-24-19-29(33(30,31)4-2)14-13-23(24)16-25/h4,7-12,16-18H,2-3,5-6,13-15,19H2,1H3. The predicted molar refractivity (Wildman–Crippen MR) is 130 cm³/mol. The Morgan fingerprint density at radius 3 is 2.52 bits per heavy atom. The van der Waals surface area contributed by atoms with Gasteiger partial charge in [0.25, 0.3) is 0 Å². The second kappa shape index (κ2) is 10.3. The third-order valence-electron chi connectivity index (χ3n) is 5.93. The SMILES string of the molecule is C=CS(=O)(=O)N1CCc2cc(OCCCc3ccc(-c4ncc(CC)cn4)cc3)ccc2C1. The zero-order chi connectivity index (χ0) is 23.3. The molecule has 2 heterocycles. The van der Waals surface area contributed by atoms with Gasteiger partial charge in [-0.05, 0) is 60.1 Å². The number of sulfonamides is 1. The van der Waals surface area contributed by atoms with Gasteiger partial charge in [0.2, 0.25) is 10.0 Å². The van der Waals surface area contributed by atoms with Gasteiger partial charge in [0.1, 0.15) is 5.75 Å². The smallest absolute Gasteiger partial charge is 0.235 e. The molecule has 1 aliphatic heterocycles. The maximum absolute atomic E-state index is 12.0. The normalized spacial score (nSPS) is 14.0. The molecule has 3 aromatic rings. The van der Waals surface area contributed by atoms with Crippen LogP contribution in [0.3, 0.4) is 0 Å². The molecule has 0 N–H and O–H groups in total.